The van der Waals surface area contributed by atoms with Gasteiger partial charge >= 0.3 is 0 Å². The predicted molar refractivity (Wildman–Crippen MR) is 85.9 cm³/mol. The molecule has 4 nitrogen and oxygen atoms in total. The van der Waals surface area contributed by atoms with Gasteiger partial charge in [0.05, 0.1) is 29.5 Å². The molecular weight excluding hydrogens is 359 g/mol. The Morgan fingerprint density at radius 2 is 2.19 bits per heavy atom. The van der Waals surface area contributed by atoms with Crippen molar-refractivity contribution in [2.24, 2.45) is 5.73 Å². The van der Waals surface area contributed by atoms with E-state index in [2.05, 4.69) is 21.0 Å². The molecule has 0 spiro atoms. The van der Waals surface area contributed by atoms with Gasteiger partial charge in [0.2, 0.25) is 0 Å². The first-order valence-corrected chi connectivity index (χ1v) is 7.63. The van der Waals surface area contributed by atoms with Crippen molar-refractivity contribution in [2.75, 3.05) is 20.6 Å². The van der Waals surface area contributed by atoms with Crippen molar-refractivity contribution in [1.82, 2.24) is 14.7 Å². The minimum Gasteiger partial charge on any atom is -0.319 e. The lowest BCUT2D eigenvalue weighted by atomic mass is 10.0. The van der Waals surface area contributed by atoms with Crippen molar-refractivity contribution in [1.29, 1.82) is 0 Å². The smallest absolute Gasteiger partial charge is 0.123 e. The van der Waals surface area contributed by atoms with Gasteiger partial charge in [0, 0.05) is 11.0 Å². The van der Waals surface area contributed by atoms with Crippen molar-refractivity contribution in [3.05, 3.63) is 51.0 Å². The van der Waals surface area contributed by atoms with Crippen LogP contribution in [0.5, 0.6) is 0 Å². The van der Waals surface area contributed by atoms with Crippen molar-refractivity contribution >= 4 is 27.5 Å². The standard InChI is InChI=1S/C14H17BrClFN4/c1-20(2)5-6-21-14(12(16)8-19-21)13(18)10-7-9(17)3-4-11(10)15/h3-4,7-8,13H,5-6,18H2,1-2H3. The topological polar surface area (TPSA) is 47.1 Å². The van der Waals surface area contributed by atoms with Crippen LogP contribution >= 0.6 is 27.5 Å². The molecule has 0 saturated carbocycles. The highest BCUT2D eigenvalue weighted by atomic mass is 79.9. The Bertz CT molecular complexity index is 629. The number of nitrogens with two attached hydrogens (primary N) is 1. The third kappa shape index (κ3) is 3.83. The summed E-state index contributed by atoms with van der Waals surface area (Å²) in [7, 11) is 3.96. The number of hydrogen-bond donors (Lipinski definition) is 1. The maximum atomic E-state index is 13.5. The van der Waals surface area contributed by atoms with E-state index in [0.29, 0.717) is 22.8 Å². The summed E-state index contributed by atoms with van der Waals surface area (Å²) in [5, 5.41) is 4.74. The zero-order valence-corrected chi connectivity index (χ0v) is 14.2. The molecule has 1 aromatic carbocycles. The fourth-order valence-electron chi connectivity index (χ4n) is 2.05. The first-order valence-electron chi connectivity index (χ1n) is 6.46. The van der Waals surface area contributed by atoms with Crippen LogP contribution in [0.25, 0.3) is 0 Å². The number of aromatic nitrogens is 2. The lowest BCUT2D eigenvalue weighted by Gasteiger charge is -2.18. The zero-order valence-electron chi connectivity index (χ0n) is 11.9. The number of likely N-dealkylation sites (N-methyl/N-ethyl adjacent to an activating group) is 1. The van der Waals surface area contributed by atoms with E-state index in [-0.39, 0.29) is 5.82 Å². The van der Waals surface area contributed by atoms with Crippen LogP contribution in [-0.4, -0.2) is 35.3 Å². The molecule has 2 aromatic rings. The Morgan fingerprint density at radius 1 is 1.48 bits per heavy atom. The molecule has 1 atom stereocenters. The largest absolute Gasteiger partial charge is 0.319 e. The Hall–Kier alpha value is -0.950. The Morgan fingerprint density at radius 3 is 2.86 bits per heavy atom. The highest BCUT2D eigenvalue weighted by molar-refractivity contribution is 9.10. The molecule has 0 saturated heterocycles. The molecule has 0 radical (unpaired) electrons. The molecular formula is C14H17BrClFN4. The molecule has 0 amide bonds. The first-order chi connectivity index (χ1) is 9.90. The maximum Gasteiger partial charge on any atom is 0.123 e. The van der Waals surface area contributed by atoms with E-state index in [4.69, 9.17) is 17.3 Å². The third-order valence-electron chi connectivity index (χ3n) is 3.18. The van der Waals surface area contributed by atoms with Crippen molar-refractivity contribution in [3.63, 3.8) is 0 Å². The lowest BCUT2D eigenvalue weighted by molar-refractivity contribution is 0.368. The van der Waals surface area contributed by atoms with Crippen LogP contribution in [0.4, 0.5) is 4.39 Å². The van der Waals surface area contributed by atoms with E-state index in [1.807, 2.05) is 19.0 Å². The van der Waals surface area contributed by atoms with Crippen LogP contribution in [0.1, 0.15) is 17.3 Å². The van der Waals surface area contributed by atoms with Crippen LogP contribution < -0.4 is 5.73 Å². The number of hydrogen-bond acceptors (Lipinski definition) is 3. The Balaban J connectivity index is 2.36. The Kier molecular flexibility index (Phi) is 5.37. The van der Waals surface area contributed by atoms with Gasteiger partial charge in [-0.05, 0) is 37.9 Å². The second-order valence-electron chi connectivity index (χ2n) is 5.05. The van der Waals surface area contributed by atoms with Crippen molar-refractivity contribution in [3.8, 4) is 0 Å². The highest BCUT2D eigenvalue weighted by Gasteiger charge is 2.21. The molecule has 114 valence electrons. The van der Waals surface area contributed by atoms with E-state index in [1.165, 1.54) is 12.1 Å². The van der Waals surface area contributed by atoms with E-state index < -0.39 is 6.04 Å². The average Bonchev–Trinajstić information content (AvgIpc) is 2.79. The summed E-state index contributed by atoms with van der Waals surface area (Å²) in [5.41, 5.74) is 7.61. The number of nitrogens with zero attached hydrogens (tertiary/aromatic N) is 3. The van der Waals surface area contributed by atoms with E-state index >= 15 is 0 Å². The maximum absolute atomic E-state index is 13.5. The number of rotatable bonds is 5. The van der Waals surface area contributed by atoms with Gasteiger partial charge in [-0.15, -0.1) is 0 Å². The highest BCUT2D eigenvalue weighted by Crippen LogP contribution is 2.31. The summed E-state index contributed by atoms with van der Waals surface area (Å²) >= 11 is 9.61. The second-order valence-corrected chi connectivity index (χ2v) is 6.31. The van der Waals surface area contributed by atoms with Crippen LogP contribution in [0.3, 0.4) is 0 Å². The Labute approximate surface area is 136 Å². The van der Waals surface area contributed by atoms with Gasteiger partial charge in [-0.3, -0.25) is 4.68 Å². The second kappa shape index (κ2) is 6.87. The van der Waals surface area contributed by atoms with E-state index in [1.54, 1.807) is 16.9 Å². The summed E-state index contributed by atoms with van der Waals surface area (Å²) in [4.78, 5) is 2.04. The normalized spacial score (nSPS) is 12.9. The van der Waals surface area contributed by atoms with Crippen LogP contribution in [0, 0.1) is 5.82 Å². The fraction of sp³-hybridized carbons (Fsp3) is 0.357. The van der Waals surface area contributed by atoms with Crippen LogP contribution in [0.15, 0.2) is 28.9 Å². The van der Waals surface area contributed by atoms with Gasteiger partial charge in [0.15, 0.2) is 0 Å². The van der Waals surface area contributed by atoms with Crippen molar-refractivity contribution in [2.45, 2.75) is 12.6 Å². The molecule has 2 N–H and O–H groups in total. The molecule has 0 aliphatic heterocycles. The summed E-state index contributed by atoms with van der Waals surface area (Å²) < 4.78 is 16.0. The summed E-state index contributed by atoms with van der Waals surface area (Å²) in [5.74, 6) is -0.334. The third-order valence-corrected chi connectivity index (χ3v) is 4.19. The van der Waals surface area contributed by atoms with Gasteiger partial charge in [0.25, 0.3) is 0 Å². The van der Waals surface area contributed by atoms with Gasteiger partial charge in [-0.2, -0.15) is 5.10 Å². The van der Waals surface area contributed by atoms with Gasteiger partial charge < -0.3 is 10.6 Å². The molecule has 1 unspecified atom stereocenters. The molecule has 1 aromatic heterocycles. The number of benzene rings is 1. The molecule has 0 bridgehead atoms. The van der Waals surface area contributed by atoms with Gasteiger partial charge in [0.1, 0.15) is 5.82 Å². The van der Waals surface area contributed by atoms with Gasteiger partial charge in [-0.25, -0.2) is 4.39 Å². The first kappa shape index (κ1) is 16.4. The molecule has 2 rings (SSSR count). The summed E-state index contributed by atoms with van der Waals surface area (Å²) in [6.07, 6.45) is 1.57. The summed E-state index contributed by atoms with van der Waals surface area (Å²) in [6.45, 7) is 1.47. The average molecular weight is 376 g/mol. The van der Waals surface area contributed by atoms with Crippen molar-refractivity contribution < 1.29 is 4.39 Å². The predicted octanol–water partition coefficient (Wildman–Crippen LogP) is 3.05. The minimum atomic E-state index is -0.549. The fourth-order valence-corrected chi connectivity index (χ4v) is 2.81. The molecule has 1 heterocycles. The molecule has 0 fully saturated rings. The van der Waals surface area contributed by atoms with E-state index in [9.17, 15) is 4.39 Å². The molecule has 0 aliphatic rings. The zero-order chi connectivity index (χ0) is 15.6. The quantitative estimate of drug-likeness (QED) is 0.874. The molecule has 7 heteroatoms. The van der Waals surface area contributed by atoms with E-state index in [0.717, 1.165) is 11.0 Å². The van der Waals surface area contributed by atoms with Gasteiger partial charge in [-0.1, -0.05) is 27.5 Å². The lowest BCUT2D eigenvalue weighted by Crippen LogP contribution is -2.23. The number of halogens is 3. The van der Waals surface area contributed by atoms with Crippen LogP contribution in [-0.2, 0) is 6.54 Å². The monoisotopic (exact) mass is 374 g/mol. The SMILES string of the molecule is CN(C)CCn1ncc(Cl)c1C(N)c1cc(F)ccc1Br. The summed E-state index contributed by atoms with van der Waals surface area (Å²) in [6, 6.07) is 3.88. The van der Waals surface area contributed by atoms with Crippen LogP contribution in [0.2, 0.25) is 5.02 Å². The molecule has 0 aliphatic carbocycles. The minimum absolute atomic E-state index is 0.334. The molecule has 21 heavy (non-hydrogen) atoms.